The van der Waals surface area contributed by atoms with Gasteiger partial charge < -0.3 is 0 Å². The maximum Gasteiger partial charge on any atom is 0.258 e. The van der Waals surface area contributed by atoms with E-state index in [-0.39, 0.29) is 5.12 Å². The normalized spacial score (nSPS) is 13.3. The number of hydrogen-bond donors (Lipinski definition) is 0. The second-order valence-corrected chi connectivity index (χ2v) is 2.43. The largest absolute Gasteiger partial charge is 0.258 e. The Bertz CT molecular complexity index is 80.2. The molecule has 0 aliphatic rings. The molecule has 0 saturated heterocycles. The van der Waals surface area contributed by atoms with E-state index < -0.39 is 12.0 Å². The molecule has 0 aromatic carbocycles. The fourth-order valence-electron chi connectivity index (χ4n) is 0.134. The molecule has 0 heterocycles. The minimum absolute atomic E-state index is 0.0116. The van der Waals surface area contributed by atoms with Crippen LogP contribution in [0, 0.1) is 0 Å². The van der Waals surface area contributed by atoms with Gasteiger partial charge in [0.05, 0.1) is 0 Å². The first kappa shape index (κ1) is 8.75. The Labute approximate surface area is 52.4 Å². The van der Waals surface area contributed by atoms with Crippen molar-refractivity contribution in [3.05, 3.63) is 0 Å². The van der Waals surface area contributed by atoms with E-state index in [1.807, 2.05) is 0 Å². The van der Waals surface area contributed by atoms with E-state index in [4.69, 9.17) is 0 Å². The minimum Gasteiger partial charge on any atom is -0.208 e. The molecule has 0 radical (unpaired) electrons. The fourth-order valence-corrected chi connectivity index (χ4v) is 0.134. The monoisotopic (exact) mass is 141 g/mol. The van der Waals surface area contributed by atoms with Crippen LogP contribution in [0.15, 0.2) is 0 Å². The molecular weight excluding hydrogens is 131 g/mol. The van der Waals surface area contributed by atoms with Crippen LogP contribution < -0.4 is 0 Å². The molecular formula is C5H10F3N. The van der Waals surface area contributed by atoms with Crippen LogP contribution in [-0.4, -0.2) is 24.1 Å². The van der Waals surface area contributed by atoms with Gasteiger partial charge in [-0.25, -0.2) is 8.78 Å². The summed E-state index contributed by atoms with van der Waals surface area (Å²) in [4.78, 5) is 0. The lowest BCUT2D eigenvalue weighted by Crippen LogP contribution is -2.42. The summed E-state index contributed by atoms with van der Waals surface area (Å²) in [5.41, 5.74) is -1.67. The van der Waals surface area contributed by atoms with Crippen LogP contribution in [0.4, 0.5) is 13.3 Å². The van der Waals surface area contributed by atoms with Crippen LogP contribution in [0.1, 0.15) is 13.8 Å². The van der Waals surface area contributed by atoms with Gasteiger partial charge in [-0.05, 0) is 13.8 Å². The first-order valence-electron chi connectivity index (χ1n) is 2.56. The predicted octanol–water partition coefficient (Wildman–Crippen LogP) is 1.85. The maximum absolute atomic E-state index is 12.1. The fraction of sp³-hybridized carbons (Fsp3) is 1.00. The zero-order chi connectivity index (χ0) is 7.65. The summed E-state index contributed by atoms with van der Waals surface area (Å²) < 4.78 is 35.6. The summed E-state index contributed by atoms with van der Waals surface area (Å²) in [6.07, 6.45) is -2.66. The standard InChI is InChI=1S/C5H10F3N/c1-5(2,4(6)7)9(3)8/h4H,1-3H3. The molecule has 0 aromatic rings. The van der Waals surface area contributed by atoms with Gasteiger partial charge in [-0.1, -0.05) is 0 Å². The van der Waals surface area contributed by atoms with E-state index in [2.05, 4.69) is 0 Å². The Morgan fingerprint density at radius 1 is 1.33 bits per heavy atom. The third kappa shape index (κ3) is 1.86. The highest BCUT2D eigenvalue weighted by Crippen LogP contribution is 2.20. The first-order valence-corrected chi connectivity index (χ1v) is 2.56. The van der Waals surface area contributed by atoms with E-state index in [0.29, 0.717) is 0 Å². The molecule has 0 amide bonds. The second-order valence-electron chi connectivity index (χ2n) is 2.43. The average Bonchev–Trinajstić information content (AvgIpc) is 1.65. The summed E-state index contributed by atoms with van der Waals surface area (Å²) >= 11 is 0. The van der Waals surface area contributed by atoms with Gasteiger partial charge in [0.15, 0.2) is 0 Å². The van der Waals surface area contributed by atoms with E-state index in [1.54, 1.807) is 0 Å². The smallest absolute Gasteiger partial charge is 0.208 e. The van der Waals surface area contributed by atoms with Gasteiger partial charge in [-0.2, -0.15) is 0 Å². The lowest BCUT2D eigenvalue weighted by Gasteiger charge is -2.26. The minimum atomic E-state index is -2.66. The van der Waals surface area contributed by atoms with E-state index >= 15 is 0 Å². The predicted molar refractivity (Wildman–Crippen MR) is 29.0 cm³/mol. The van der Waals surface area contributed by atoms with Crippen molar-refractivity contribution in [2.75, 3.05) is 7.05 Å². The molecule has 56 valence electrons. The van der Waals surface area contributed by atoms with E-state index in [0.717, 1.165) is 20.9 Å². The van der Waals surface area contributed by atoms with Crippen molar-refractivity contribution >= 4 is 0 Å². The van der Waals surface area contributed by atoms with Gasteiger partial charge in [-0.15, -0.1) is 9.60 Å². The summed E-state index contributed by atoms with van der Waals surface area (Å²) in [5.74, 6) is 0. The summed E-state index contributed by atoms with van der Waals surface area (Å²) in [6, 6.07) is 0. The zero-order valence-corrected chi connectivity index (χ0v) is 5.66. The molecule has 9 heavy (non-hydrogen) atoms. The van der Waals surface area contributed by atoms with Gasteiger partial charge in [-0.3, -0.25) is 0 Å². The lowest BCUT2D eigenvalue weighted by molar-refractivity contribution is -0.116. The van der Waals surface area contributed by atoms with Gasteiger partial charge in [0.2, 0.25) is 0 Å². The van der Waals surface area contributed by atoms with Crippen molar-refractivity contribution in [1.82, 2.24) is 5.12 Å². The maximum atomic E-state index is 12.1. The van der Waals surface area contributed by atoms with Crippen LogP contribution in [-0.2, 0) is 0 Å². The first-order chi connectivity index (χ1) is 3.89. The summed E-state index contributed by atoms with van der Waals surface area (Å²) in [6.45, 7) is 2.27. The van der Waals surface area contributed by atoms with Crippen molar-refractivity contribution in [2.24, 2.45) is 0 Å². The Morgan fingerprint density at radius 3 is 1.67 bits per heavy atom. The van der Waals surface area contributed by atoms with Crippen molar-refractivity contribution in [3.8, 4) is 0 Å². The Hall–Kier alpha value is -0.250. The highest BCUT2D eigenvalue weighted by Gasteiger charge is 2.34. The summed E-state index contributed by atoms with van der Waals surface area (Å²) in [5, 5.41) is 0.0116. The average molecular weight is 141 g/mol. The topological polar surface area (TPSA) is 3.24 Å². The molecule has 0 saturated carbocycles. The Kier molecular flexibility index (Phi) is 2.49. The van der Waals surface area contributed by atoms with E-state index in [1.165, 1.54) is 0 Å². The van der Waals surface area contributed by atoms with Crippen LogP contribution in [0.25, 0.3) is 0 Å². The third-order valence-electron chi connectivity index (χ3n) is 1.33. The molecule has 0 aliphatic carbocycles. The third-order valence-corrected chi connectivity index (χ3v) is 1.33. The van der Waals surface area contributed by atoms with Crippen LogP contribution in [0.3, 0.4) is 0 Å². The van der Waals surface area contributed by atoms with Crippen LogP contribution in [0.5, 0.6) is 0 Å². The molecule has 0 fully saturated rings. The molecule has 4 heteroatoms. The number of alkyl halides is 2. The molecule has 0 N–H and O–H groups in total. The number of hydrogen-bond acceptors (Lipinski definition) is 1. The van der Waals surface area contributed by atoms with Crippen molar-refractivity contribution < 1.29 is 13.3 Å². The number of halogens is 3. The SMILES string of the molecule is CN(F)C(C)(C)C(F)F. The zero-order valence-electron chi connectivity index (χ0n) is 5.66. The van der Waals surface area contributed by atoms with E-state index in [9.17, 15) is 13.3 Å². The van der Waals surface area contributed by atoms with Gasteiger partial charge in [0.1, 0.15) is 5.54 Å². The second kappa shape index (κ2) is 2.56. The van der Waals surface area contributed by atoms with Crippen LogP contribution in [0.2, 0.25) is 0 Å². The Balaban J connectivity index is 4.01. The van der Waals surface area contributed by atoms with Gasteiger partial charge in [0, 0.05) is 7.05 Å². The molecule has 0 bridgehead atoms. The molecule has 0 aromatic heterocycles. The summed E-state index contributed by atoms with van der Waals surface area (Å²) in [7, 11) is 0.978. The lowest BCUT2D eigenvalue weighted by atomic mass is 10.1. The molecule has 1 nitrogen and oxygen atoms in total. The molecule has 0 aliphatic heterocycles. The van der Waals surface area contributed by atoms with Crippen molar-refractivity contribution in [2.45, 2.75) is 25.8 Å². The number of nitrogens with zero attached hydrogens (tertiary/aromatic N) is 1. The quantitative estimate of drug-likeness (QED) is 0.530. The van der Waals surface area contributed by atoms with Crippen molar-refractivity contribution in [1.29, 1.82) is 0 Å². The highest BCUT2D eigenvalue weighted by atomic mass is 19.3. The van der Waals surface area contributed by atoms with Gasteiger partial charge in [0.25, 0.3) is 6.43 Å². The van der Waals surface area contributed by atoms with Crippen molar-refractivity contribution in [3.63, 3.8) is 0 Å². The molecule has 0 spiro atoms. The molecule has 0 rings (SSSR count). The van der Waals surface area contributed by atoms with Gasteiger partial charge >= 0.3 is 0 Å². The molecule has 0 unspecified atom stereocenters. The number of rotatable bonds is 2. The molecule has 0 atom stereocenters. The Morgan fingerprint density at radius 2 is 1.67 bits per heavy atom. The highest BCUT2D eigenvalue weighted by molar-refractivity contribution is 4.76. The van der Waals surface area contributed by atoms with Crippen LogP contribution >= 0.6 is 0 Å².